The Bertz CT molecular complexity index is 181. The summed E-state index contributed by atoms with van der Waals surface area (Å²) in [5.41, 5.74) is 0. The van der Waals surface area contributed by atoms with Crippen LogP contribution in [0.25, 0.3) is 0 Å². The lowest BCUT2D eigenvalue weighted by Crippen LogP contribution is -2.29. The van der Waals surface area contributed by atoms with Gasteiger partial charge in [0, 0.05) is 12.8 Å². The molecule has 0 aromatic heterocycles. The van der Waals surface area contributed by atoms with E-state index in [1.54, 1.807) is 0 Å². The average molecular weight is 197 g/mol. The van der Waals surface area contributed by atoms with Crippen LogP contribution in [-0.2, 0) is 9.59 Å². The highest BCUT2D eigenvalue weighted by Crippen LogP contribution is 2.10. The monoisotopic (exact) mass is 197 g/mol. The molecule has 0 aliphatic carbocycles. The maximum Gasteiger partial charge on any atom is 0.226 e. The molecular weight excluding hydrogens is 178 g/mol. The van der Waals surface area contributed by atoms with Gasteiger partial charge in [0.2, 0.25) is 11.8 Å². The first-order valence-electron chi connectivity index (χ1n) is 5.62. The molecule has 1 rings (SSSR count). The van der Waals surface area contributed by atoms with E-state index in [9.17, 15) is 9.59 Å². The molecule has 1 aliphatic rings. The summed E-state index contributed by atoms with van der Waals surface area (Å²) in [5, 5.41) is 2.42. The van der Waals surface area contributed by atoms with Crippen molar-refractivity contribution in [3.63, 3.8) is 0 Å². The topological polar surface area (TPSA) is 46.2 Å². The molecule has 0 atom stereocenters. The molecule has 1 saturated heterocycles. The average Bonchev–Trinajstić information content (AvgIpc) is 2.13. The maximum atomic E-state index is 11.2. The van der Waals surface area contributed by atoms with Crippen LogP contribution < -0.4 is 5.32 Å². The first-order valence-corrected chi connectivity index (χ1v) is 5.62. The molecule has 1 N–H and O–H groups in total. The van der Waals surface area contributed by atoms with Gasteiger partial charge in [-0.1, -0.05) is 32.1 Å². The first kappa shape index (κ1) is 11.2. The van der Waals surface area contributed by atoms with Gasteiger partial charge < -0.3 is 0 Å². The van der Waals surface area contributed by atoms with Crippen LogP contribution in [0.3, 0.4) is 0 Å². The molecule has 3 nitrogen and oxygen atoms in total. The van der Waals surface area contributed by atoms with Crippen molar-refractivity contribution in [1.29, 1.82) is 0 Å². The highest BCUT2D eigenvalue weighted by Gasteiger charge is 2.07. The van der Waals surface area contributed by atoms with Gasteiger partial charge >= 0.3 is 0 Å². The van der Waals surface area contributed by atoms with Gasteiger partial charge in [0.25, 0.3) is 0 Å². The normalized spacial score (nSPS) is 22.0. The van der Waals surface area contributed by atoms with Crippen LogP contribution in [0.15, 0.2) is 0 Å². The van der Waals surface area contributed by atoms with Crippen molar-refractivity contribution in [2.75, 3.05) is 0 Å². The Morgan fingerprint density at radius 1 is 0.643 bits per heavy atom. The van der Waals surface area contributed by atoms with Crippen molar-refractivity contribution in [1.82, 2.24) is 5.32 Å². The van der Waals surface area contributed by atoms with E-state index < -0.39 is 0 Å². The van der Waals surface area contributed by atoms with Gasteiger partial charge in [-0.25, -0.2) is 0 Å². The molecule has 0 aromatic rings. The van der Waals surface area contributed by atoms with Crippen molar-refractivity contribution in [3.8, 4) is 0 Å². The summed E-state index contributed by atoms with van der Waals surface area (Å²) in [6.45, 7) is 0. The van der Waals surface area contributed by atoms with E-state index >= 15 is 0 Å². The zero-order valence-electron chi connectivity index (χ0n) is 8.68. The van der Waals surface area contributed by atoms with Gasteiger partial charge in [-0.15, -0.1) is 0 Å². The van der Waals surface area contributed by atoms with Gasteiger partial charge in [0.15, 0.2) is 0 Å². The van der Waals surface area contributed by atoms with Crippen molar-refractivity contribution < 1.29 is 9.59 Å². The summed E-state index contributed by atoms with van der Waals surface area (Å²) in [6, 6.07) is 0. The summed E-state index contributed by atoms with van der Waals surface area (Å²) in [6.07, 6.45) is 8.76. The Morgan fingerprint density at radius 2 is 1.00 bits per heavy atom. The van der Waals surface area contributed by atoms with Gasteiger partial charge in [-0.3, -0.25) is 14.9 Å². The molecule has 3 heteroatoms. The Kier molecular flexibility index (Phi) is 5.27. The second-order valence-corrected chi connectivity index (χ2v) is 3.95. The summed E-state index contributed by atoms with van der Waals surface area (Å²) < 4.78 is 0. The lowest BCUT2D eigenvalue weighted by molar-refractivity contribution is -0.130. The van der Waals surface area contributed by atoms with Gasteiger partial charge in [-0.05, 0) is 12.8 Å². The van der Waals surface area contributed by atoms with Crippen LogP contribution in [0.1, 0.15) is 57.8 Å². The van der Waals surface area contributed by atoms with Crippen LogP contribution in [0.5, 0.6) is 0 Å². The largest absolute Gasteiger partial charge is 0.296 e. The van der Waals surface area contributed by atoms with Crippen molar-refractivity contribution in [2.45, 2.75) is 57.8 Å². The number of carbonyl (C=O) groups excluding carboxylic acids is 2. The number of hydrogen-bond acceptors (Lipinski definition) is 2. The predicted molar refractivity (Wildman–Crippen MR) is 54.7 cm³/mol. The minimum atomic E-state index is -0.101. The molecule has 1 fully saturated rings. The zero-order chi connectivity index (χ0) is 10.2. The molecule has 1 heterocycles. The number of carbonyl (C=O) groups is 2. The molecule has 0 saturated carbocycles. The molecule has 0 aromatic carbocycles. The number of imide groups is 1. The lowest BCUT2D eigenvalue weighted by atomic mass is 10.1. The molecule has 2 amide bonds. The Labute approximate surface area is 85.3 Å². The van der Waals surface area contributed by atoms with Crippen molar-refractivity contribution in [3.05, 3.63) is 0 Å². The summed E-state index contributed by atoms with van der Waals surface area (Å²) in [4.78, 5) is 22.4. The molecule has 80 valence electrons. The SMILES string of the molecule is O=C1CCCCCCCCCC(=O)N1. The van der Waals surface area contributed by atoms with E-state index in [-0.39, 0.29) is 11.8 Å². The molecule has 0 unspecified atom stereocenters. The third kappa shape index (κ3) is 5.00. The number of amides is 2. The fourth-order valence-electron chi connectivity index (χ4n) is 1.74. The highest BCUT2D eigenvalue weighted by atomic mass is 16.2. The highest BCUT2D eigenvalue weighted by molar-refractivity contribution is 5.95. The van der Waals surface area contributed by atoms with E-state index in [0.717, 1.165) is 25.7 Å². The Hall–Kier alpha value is -0.860. The van der Waals surface area contributed by atoms with Crippen LogP contribution in [0.2, 0.25) is 0 Å². The van der Waals surface area contributed by atoms with E-state index in [1.807, 2.05) is 0 Å². The molecule has 0 bridgehead atoms. The van der Waals surface area contributed by atoms with Crippen LogP contribution in [-0.4, -0.2) is 11.8 Å². The second kappa shape index (κ2) is 6.57. The van der Waals surface area contributed by atoms with E-state index in [2.05, 4.69) is 5.32 Å². The second-order valence-electron chi connectivity index (χ2n) is 3.95. The minimum Gasteiger partial charge on any atom is -0.296 e. The van der Waals surface area contributed by atoms with Crippen molar-refractivity contribution in [2.24, 2.45) is 0 Å². The quantitative estimate of drug-likeness (QED) is 0.605. The molecule has 0 spiro atoms. The van der Waals surface area contributed by atoms with E-state index in [1.165, 1.54) is 19.3 Å². The van der Waals surface area contributed by atoms with Gasteiger partial charge in [-0.2, -0.15) is 0 Å². The smallest absolute Gasteiger partial charge is 0.226 e. The standard InChI is InChI=1S/C11H19NO2/c13-10-8-6-4-2-1-3-5-7-9-11(14)12-10/h1-9H2,(H,12,13,14). The van der Waals surface area contributed by atoms with Crippen molar-refractivity contribution >= 4 is 11.8 Å². The molecule has 1 aliphatic heterocycles. The number of nitrogens with one attached hydrogen (secondary N) is 1. The Balaban J connectivity index is 2.30. The fourth-order valence-corrected chi connectivity index (χ4v) is 1.74. The van der Waals surface area contributed by atoms with Crippen LogP contribution >= 0.6 is 0 Å². The Morgan fingerprint density at radius 3 is 1.43 bits per heavy atom. The summed E-state index contributed by atoms with van der Waals surface area (Å²) in [7, 11) is 0. The zero-order valence-corrected chi connectivity index (χ0v) is 8.68. The van der Waals surface area contributed by atoms with E-state index in [4.69, 9.17) is 0 Å². The van der Waals surface area contributed by atoms with Gasteiger partial charge in [0.1, 0.15) is 0 Å². The minimum absolute atomic E-state index is 0.101. The third-order valence-corrected chi connectivity index (χ3v) is 2.59. The number of rotatable bonds is 0. The third-order valence-electron chi connectivity index (χ3n) is 2.59. The number of hydrogen-bond donors (Lipinski definition) is 1. The molecule has 14 heavy (non-hydrogen) atoms. The van der Waals surface area contributed by atoms with Crippen LogP contribution in [0.4, 0.5) is 0 Å². The fraction of sp³-hybridized carbons (Fsp3) is 0.818. The maximum absolute atomic E-state index is 11.2. The summed E-state index contributed by atoms with van der Waals surface area (Å²) in [5.74, 6) is -0.203. The van der Waals surface area contributed by atoms with Crippen LogP contribution in [0, 0.1) is 0 Å². The predicted octanol–water partition coefficient (Wildman–Crippen LogP) is 2.15. The molecular formula is C11H19NO2. The first-order chi connectivity index (χ1) is 6.79. The van der Waals surface area contributed by atoms with Gasteiger partial charge in [0.05, 0.1) is 0 Å². The molecule has 0 radical (unpaired) electrons. The lowest BCUT2D eigenvalue weighted by Gasteiger charge is -2.06. The summed E-state index contributed by atoms with van der Waals surface area (Å²) >= 11 is 0. The van der Waals surface area contributed by atoms with E-state index in [0.29, 0.717) is 12.8 Å².